The first-order valence-corrected chi connectivity index (χ1v) is 9.85. The Morgan fingerprint density at radius 2 is 1.90 bits per heavy atom. The molecule has 0 saturated carbocycles. The monoisotopic (exact) mass is 414 g/mol. The standard InChI is InChI=1S/C23H19FN6O/c1-14-5-3-6-16-11-19(15(2)28-23-26-13-25-20-9-10-27-30(20)23)29(22(31)21(14)16)18-8-4-7-17(24)12-18/h3-13,15H,1-2H3,(H,25,26,28)/t15-/m0/s1. The summed E-state index contributed by atoms with van der Waals surface area (Å²) in [6, 6.07) is 15.1. The van der Waals surface area contributed by atoms with Gasteiger partial charge in [-0.25, -0.2) is 14.4 Å². The van der Waals surface area contributed by atoms with Gasteiger partial charge in [-0.2, -0.15) is 9.61 Å². The lowest BCUT2D eigenvalue weighted by Gasteiger charge is -2.21. The summed E-state index contributed by atoms with van der Waals surface area (Å²) in [5.41, 5.74) is 2.46. The minimum Gasteiger partial charge on any atom is -0.346 e. The van der Waals surface area contributed by atoms with Crippen molar-refractivity contribution in [1.29, 1.82) is 0 Å². The number of aromatic nitrogens is 5. The van der Waals surface area contributed by atoms with Crippen molar-refractivity contribution in [3.8, 4) is 5.69 Å². The highest BCUT2D eigenvalue weighted by atomic mass is 19.1. The van der Waals surface area contributed by atoms with Crippen molar-refractivity contribution >= 4 is 22.4 Å². The molecule has 0 aliphatic carbocycles. The highest BCUT2D eigenvalue weighted by molar-refractivity contribution is 5.85. The Balaban J connectivity index is 1.72. The molecule has 3 heterocycles. The van der Waals surface area contributed by atoms with E-state index in [1.54, 1.807) is 33.5 Å². The van der Waals surface area contributed by atoms with Gasteiger partial charge in [-0.15, -0.1) is 0 Å². The summed E-state index contributed by atoms with van der Waals surface area (Å²) >= 11 is 0. The summed E-state index contributed by atoms with van der Waals surface area (Å²) in [6.07, 6.45) is 3.09. The normalized spacial score (nSPS) is 12.4. The first-order chi connectivity index (χ1) is 15.0. The molecule has 0 bridgehead atoms. The van der Waals surface area contributed by atoms with E-state index < -0.39 is 5.82 Å². The number of hydrogen-bond donors (Lipinski definition) is 1. The van der Waals surface area contributed by atoms with Crippen LogP contribution in [0.3, 0.4) is 0 Å². The lowest BCUT2D eigenvalue weighted by atomic mass is 10.0. The zero-order chi connectivity index (χ0) is 21.5. The fraction of sp³-hybridized carbons (Fsp3) is 0.130. The van der Waals surface area contributed by atoms with Crippen LogP contribution in [0.1, 0.15) is 24.2 Å². The molecular weight excluding hydrogens is 395 g/mol. The van der Waals surface area contributed by atoms with E-state index in [0.29, 0.717) is 28.4 Å². The molecule has 31 heavy (non-hydrogen) atoms. The molecule has 7 nitrogen and oxygen atoms in total. The number of fused-ring (bicyclic) bond motifs is 2. The summed E-state index contributed by atoms with van der Waals surface area (Å²) in [5.74, 6) is 0.0833. The van der Waals surface area contributed by atoms with Crippen molar-refractivity contribution in [1.82, 2.24) is 24.1 Å². The van der Waals surface area contributed by atoms with Crippen LogP contribution in [-0.2, 0) is 0 Å². The second-order valence-electron chi connectivity index (χ2n) is 7.39. The fourth-order valence-corrected chi connectivity index (χ4v) is 3.88. The third-order valence-corrected chi connectivity index (χ3v) is 5.33. The van der Waals surface area contributed by atoms with Crippen LogP contribution in [0.2, 0.25) is 0 Å². The topological polar surface area (TPSA) is 77.1 Å². The van der Waals surface area contributed by atoms with Gasteiger partial charge in [0.05, 0.1) is 23.3 Å². The predicted octanol–water partition coefficient (Wildman–Crippen LogP) is 4.05. The van der Waals surface area contributed by atoms with Crippen molar-refractivity contribution < 1.29 is 4.39 Å². The van der Waals surface area contributed by atoms with Crippen molar-refractivity contribution in [2.24, 2.45) is 0 Å². The van der Waals surface area contributed by atoms with Crippen molar-refractivity contribution in [3.05, 3.63) is 94.5 Å². The Hall–Kier alpha value is -4.07. The van der Waals surface area contributed by atoms with Gasteiger partial charge in [0.15, 0.2) is 5.65 Å². The van der Waals surface area contributed by atoms with Gasteiger partial charge < -0.3 is 5.32 Å². The summed E-state index contributed by atoms with van der Waals surface area (Å²) in [5, 5.41) is 9.00. The van der Waals surface area contributed by atoms with Gasteiger partial charge in [0, 0.05) is 11.8 Å². The SMILES string of the molecule is Cc1cccc2cc([C@H](C)Nc3ncnc4ccnn34)n(-c3cccc(F)c3)c(=O)c12. The van der Waals surface area contributed by atoms with Crippen LogP contribution >= 0.6 is 0 Å². The minimum absolute atomic E-state index is 0.197. The molecular formula is C23H19FN6O. The van der Waals surface area contributed by atoms with Crippen LogP contribution in [0.15, 0.2) is 71.9 Å². The van der Waals surface area contributed by atoms with Crippen LogP contribution in [0, 0.1) is 12.7 Å². The van der Waals surface area contributed by atoms with E-state index in [9.17, 15) is 9.18 Å². The number of anilines is 1. The summed E-state index contributed by atoms with van der Waals surface area (Å²) in [4.78, 5) is 22.0. The maximum absolute atomic E-state index is 14.0. The summed E-state index contributed by atoms with van der Waals surface area (Å²) < 4.78 is 17.2. The molecule has 0 spiro atoms. The molecule has 5 rings (SSSR count). The van der Waals surface area contributed by atoms with Gasteiger partial charge in [-0.05, 0) is 49.1 Å². The van der Waals surface area contributed by atoms with Crippen LogP contribution in [-0.4, -0.2) is 24.1 Å². The Kier molecular flexibility index (Phi) is 4.47. The summed E-state index contributed by atoms with van der Waals surface area (Å²) in [7, 11) is 0. The van der Waals surface area contributed by atoms with Gasteiger partial charge >= 0.3 is 0 Å². The Morgan fingerprint density at radius 1 is 1.06 bits per heavy atom. The highest BCUT2D eigenvalue weighted by Crippen LogP contribution is 2.25. The third-order valence-electron chi connectivity index (χ3n) is 5.33. The average Bonchev–Trinajstić information content (AvgIpc) is 3.23. The molecule has 0 fully saturated rings. The predicted molar refractivity (Wildman–Crippen MR) is 117 cm³/mol. The molecule has 0 radical (unpaired) electrons. The quantitative estimate of drug-likeness (QED) is 0.480. The van der Waals surface area contributed by atoms with Crippen molar-refractivity contribution in [3.63, 3.8) is 0 Å². The van der Waals surface area contributed by atoms with Crippen LogP contribution < -0.4 is 10.9 Å². The summed E-state index contributed by atoms with van der Waals surface area (Å²) in [6.45, 7) is 3.82. The molecule has 8 heteroatoms. The average molecular weight is 414 g/mol. The molecule has 0 saturated heterocycles. The number of rotatable bonds is 4. The van der Waals surface area contributed by atoms with Gasteiger partial charge in [0.1, 0.15) is 12.1 Å². The van der Waals surface area contributed by atoms with E-state index in [-0.39, 0.29) is 11.6 Å². The maximum atomic E-state index is 14.0. The molecule has 0 amide bonds. The second kappa shape index (κ2) is 7.32. The molecule has 154 valence electrons. The first kappa shape index (κ1) is 18.9. The van der Waals surface area contributed by atoms with E-state index >= 15 is 0 Å². The van der Waals surface area contributed by atoms with E-state index in [1.807, 2.05) is 38.1 Å². The largest absolute Gasteiger partial charge is 0.346 e. The maximum Gasteiger partial charge on any atom is 0.263 e. The molecule has 0 unspecified atom stereocenters. The molecule has 1 N–H and O–H groups in total. The molecule has 0 aliphatic heterocycles. The Labute approximate surface area is 176 Å². The zero-order valence-corrected chi connectivity index (χ0v) is 17.0. The molecule has 1 atom stereocenters. The Bertz CT molecular complexity index is 1490. The van der Waals surface area contributed by atoms with Gasteiger partial charge in [0.25, 0.3) is 5.56 Å². The number of nitrogens with zero attached hydrogens (tertiary/aromatic N) is 5. The number of pyridine rings is 1. The lowest BCUT2D eigenvalue weighted by Crippen LogP contribution is -2.26. The number of benzene rings is 2. The van der Waals surface area contributed by atoms with Crippen LogP contribution in [0.4, 0.5) is 10.3 Å². The number of hydrogen-bond acceptors (Lipinski definition) is 5. The smallest absolute Gasteiger partial charge is 0.263 e. The van der Waals surface area contributed by atoms with E-state index in [1.165, 1.54) is 18.5 Å². The molecule has 2 aromatic carbocycles. The molecule has 0 aliphatic rings. The second-order valence-corrected chi connectivity index (χ2v) is 7.39. The van der Waals surface area contributed by atoms with E-state index in [4.69, 9.17) is 0 Å². The number of aryl methyl sites for hydroxylation is 1. The third kappa shape index (κ3) is 3.22. The highest BCUT2D eigenvalue weighted by Gasteiger charge is 2.19. The van der Waals surface area contributed by atoms with Crippen molar-refractivity contribution in [2.45, 2.75) is 19.9 Å². The van der Waals surface area contributed by atoms with Crippen molar-refractivity contribution in [2.75, 3.05) is 5.32 Å². The zero-order valence-electron chi connectivity index (χ0n) is 17.0. The minimum atomic E-state index is -0.408. The Morgan fingerprint density at radius 3 is 2.74 bits per heavy atom. The molecule has 3 aromatic heterocycles. The first-order valence-electron chi connectivity index (χ1n) is 9.85. The molecule has 5 aromatic rings. The van der Waals surface area contributed by atoms with Crippen LogP contribution in [0.5, 0.6) is 0 Å². The van der Waals surface area contributed by atoms with E-state index in [0.717, 1.165) is 10.9 Å². The van der Waals surface area contributed by atoms with Gasteiger partial charge in [-0.1, -0.05) is 24.3 Å². The van der Waals surface area contributed by atoms with Crippen LogP contribution in [0.25, 0.3) is 22.1 Å². The van der Waals surface area contributed by atoms with Gasteiger partial charge in [-0.3, -0.25) is 9.36 Å². The number of halogens is 1. The number of nitrogens with one attached hydrogen (secondary N) is 1. The fourth-order valence-electron chi connectivity index (χ4n) is 3.88. The lowest BCUT2D eigenvalue weighted by molar-refractivity contribution is 0.625. The van der Waals surface area contributed by atoms with E-state index in [2.05, 4.69) is 20.4 Å². The van der Waals surface area contributed by atoms with Gasteiger partial charge in [0.2, 0.25) is 5.95 Å².